The maximum Gasteiger partial charge on any atom is 0.319 e. The quantitative estimate of drug-likeness (QED) is 0.595. The third-order valence-electron chi connectivity index (χ3n) is 2.59. The summed E-state index contributed by atoms with van der Waals surface area (Å²) in [6.07, 6.45) is 2.17. The number of nitrogens with two attached hydrogens (primary N) is 1. The summed E-state index contributed by atoms with van der Waals surface area (Å²) in [6.45, 7) is 5.75. The first-order valence-electron chi connectivity index (χ1n) is 6.39. The lowest BCUT2D eigenvalue weighted by atomic mass is 10.2. The van der Waals surface area contributed by atoms with Crippen molar-refractivity contribution in [3.63, 3.8) is 0 Å². The van der Waals surface area contributed by atoms with Crippen molar-refractivity contribution in [1.29, 1.82) is 0 Å². The minimum absolute atomic E-state index is 0.225. The van der Waals surface area contributed by atoms with Gasteiger partial charge >= 0.3 is 6.03 Å². The van der Waals surface area contributed by atoms with Gasteiger partial charge < -0.3 is 21.7 Å². The van der Waals surface area contributed by atoms with E-state index in [1.165, 1.54) is 0 Å². The Balaban J connectivity index is 2.54. The molecule has 0 radical (unpaired) electrons. The first-order valence-corrected chi connectivity index (χ1v) is 6.39. The molecule has 0 unspecified atom stereocenters. The SMILES string of the molecule is C=CCNC(=O)Nc1ccc(NC(=O)[C@@H](N)CC)cc1. The van der Waals surface area contributed by atoms with Crippen LogP contribution in [0, 0.1) is 0 Å². The van der Waals surface area contributed by atoms with Crippen molar-refractivity contribution in [3.8, 4) is 0 Å². The number of benzene rings is 1. The Hall–Kier alpha value is -2.34. The van der Waals surface area contributed by atoms with E-state index in [0.29, 0.717) is 24.3 Å². The van der Waals surface area contributed by atoms with Gasteiger partial charge in [-0.3, -0.25) is 4.79 Å². The number of carbonyl (C=O) groups is 2. The van der Waals surface area contributed by atoms with E-state index in [9.17, 15) is 9.59 Å². The first kappa shape index (κ1) is 15.7. The topological polar surface area (TPSA) is 96.2 Å². The van der Waals surface area contributed by atoms with Gasteiger partial charge in [0, 0.05) is 17.9 Å². The van der Waals surface area contributed by atoms with E-state index in [2.05, 4.69) is 22.5 Å². The maximum absolute atomic E-state index is 11.6. The van der Waals surface area contributed by atoms with Crippen molar-refractivity contribution in [1.82, 2.24) is 5.32 Å². The molecule has 1 atom stereocenters. The van der Waals surface area contributed by atoms with Gasteiger partial charge in [0.05, 0.1) is 6.04 Å². The van der Waals surface area contributed by atoms with Crippen LogP contribution in [0.25, 0.3) is 0 Å². The highest BCUT2D eigenvalue weighted by atomic mass is 16.2. The zero-order valence-electron chi connectivity index (χ0n) is 11.5. The Bertz CT molecular complexity index is 471. The standard InChI is InChI=1S/C14H20N4O2/c1-3-9-16-14(20)18-11-7-5-10(6-8-11)17-13(19)12(15)4-2/h3,5-8,12H,1,4,9,15H2,2H3,(H,17,19)(H2,16,18,20)/t12-/m0/s1. The van der Waals surface area contributed by atoms with Crippen molar-refractivity contribution < 1.29 is 9.59 Å². The number of urea groups is 1. The molecule has 0 aliphatic rings. The molecule has 0 heterocycles. The molecule has 0 spiro atoms. The van der Waals surface area contributed by atoms with Gasteiger partial charge in [-0.25, -0.2) is 4.79 Å². The van der Waals surface area contributed by atoms with Crippen LogP contribution < -0.4 is 21.7 Å². The molecule has 0 saturated carbocycles. The van der Waals surface area contributed by atoms with Gasteiger partial charge in [0.25, 0.3) is 0 Å². The minimum atomic E-state index is -0.516. The lowest BCUT2D eigenvalue weighted by Gasteiger charge is -2.11. The molecule has 0 aromatic heterocycles. The average molecular weight is 276 g/mol. The van der Waals surface area contributed by atoms with Crippen molar-refractivity contribution in [2.24, 2.45) is 5.73 Å². The number of amides is 3. The van der Waals surface area contributed by atoms with Crippen LogP contribution in [0.15, 0.2) is 36.9 Å². The van der Waals surface area contributed by atoms with Crippen molar-refractivity contribution in [2.45, 2.75) is 19.4 Å². The summed E-state index contributed by atoms with van der Waals surface area (Å²) in [4.78, 5) is 23.0. The lowest BCUT2D eigenvalue weighted by molar-refractivity contribution is -0.117. The minimum Gasteiger partial charge on any atom is -0.334 e. The fourth-order valence-electron chi connectivity index (χ4n) is 1.40. The number of carbonyl (C=O) groups excluding carboxylic acids is 2. The Labute approximate surface area is 118 Å². The summed E-state index contributed by atoms with van der Waals surface area (Å²) in [5.74, 6) is -0.225. The molecule has 108 valence electrons. The number of hydrogen-bond donors (Lipinski definition) is 4. The Morgan fingerprint density at radius 1 is 1.25 bits per heavy atom. The molecule has 0 fully saturated rings. The summed E-state index contributed by atoms with van der Waals surface area (Å²) in [5, 5.41) is 7.95. The number of nitrogens with one attached hydrogen (secondary N) is 3. The smallest absolute Gasteiger partial charge is 0.319 e. The molecule has 1 aromatic carbocycles. The highest BCUT2D eigenvalue weighted by Crippen LogP contribution is 2.13. The second-order valence-electron chi connectivity index (χ2n) is 4.21. The molecule has 6 heteroatoms. The van der Waals surface area contributed by atoms with Crippen molar-refractivity contribution in [3.05, 3.63) is 36.9 Å². The van der Waals surface area contributed by atoms with Crippen LogP contribution in [0.5, 0.6) is 0 Å². The van der Waals surface area contributed by atoms with E-state index < -0.39 is 6.04 Å². The second kappa shape index (κ2) is 7.96. The van der Waals surface area contributed by atoms with Crippen LogP contribution in [0.2, 0.25) is 0 Å². The molecule has 0 bridgehead atoms. The van der Waals surface area contributed by atoms with Gasteiger partial charge in [-0.05, 0) is 30.7 Å². The van der Waals surface area contributed by atoms with Gasteiger partial charge in [0.2, 0.25) is 5.91 Å². The summed E-state index contributed by atoms with van der Waals surface area (Å²) >= 11 is 0. The van der Waals surface area contributed by atoms with Gasteiger partial charge in [-0.2, -0.15) is 0 Å². The molecule has 1 rings (SSSR count). The maximum atomic E-state index is 11.6. The van der Waals surface area contributed by atoms with Gasteiger partial charge in [0.1, 0.15) is 0 Å². The van der Waals surface area contributed by atoms with Gasteiger partial charge in [-0.1, -0.05) is 13.0 Å². The second-order valence-corrected chi connectivity index (χ2v) is 4.21. The predicted molar refractivity (Wildman–Crippen MR) is 80.6 cm³/mol. The summed E-state index contributed by atoms with van der Waals surface area (Å²) < 4.78 is 0. The normalized spacial score (nSPS) is 11.3. The summed E-state index contributed by atoms with van der Waals surface area (Å²) in [5.41, 5.74) is 6.89. The van der Waals surface area contributed by atoms with E-state index in [-0.39, 0.29) is 11.9 Å². The van der Waals surface area contributed by atoms with Crippen LogP contribution in [0.1, 0.15) is 13.3 Å². The molecular weight excluding hydrogens is 256 g/mol. The van der Waals surface area contributed by atoms with Crippen LogP contribution in [-0.4, -0.2) is 24.5 Å². The molecule has 6 nitrogen and oxygen atoms in total. The van der Waals surface area contributed by atoms with E-state index in [1.807, 2.05) is 6.92 Å². The monoisotopic (exact) mass is 276 g/mol. The molecule has 5 N–H and O–H groups in total. The molecule has 0 aliphatic carbocycles. The largest absolute Gasteiger partial charge is 0.334 e. The Morgan fingerprint density at radius 2 is 1.80 bits per heavy atom. The zero-order chi connectivity index (χ0) is 15.0. The molecule has 0 saturated heterocycles. The molecule has 1 aromatic rings. The van der Waals surface area contributed by atoms with Crippen molar-refractivity contribution >= 4 is 23.3 Å². The van der Waals surface area contributed by atoms with E-state index in [4.69, 9.17) is 5.73 Å². The predicted octanol–water partition coefficient (Wildman–Crippen LogP) is 1.67. The van der Waals surface area contributed by atoms with Crippen LogP contribution >= 0.6 is 0 Å². The van der Waals surface area contributed by atoms with Crippen LogP contribution in [-0.2, 0) is 4.79 Å². The van der Waals surface area contributed by atoms with E-state index in [1.54, 1.807) is 30.3 Å². The van der Waals surface area contributed by atoms with Crippen LogP contribution in [0.3, 0.4) is 0 Å². The van der Waals surface area contributed by atoms with Gasteiger partial charge in [0.15, 0.2) is 0 Å². The molecular formula is C14H20N4O2. The summed E-state index contributed by atoms with van der Waals surface area (Å²) in [6, 6.07) is 5.96. The van der Waals surface area contributed by atoms with Gasteiger partial charge in [-0.15, -0.1) is 6.58 Å². The third kappa shape index (κ3) is 5.11. The number of hydrogen-bond acceptors (Lipinski definition) is 3. The summed E-state index contributed by atoms with van der Waals surface area (Å²) in [7, 11) is 0. The van der Waals surface area contributed by atoms with E-state index >= 15 is 0 Å². The fourth-order valence-corrected chi connectivity index (χ4v) is 1.40. The van der Waals surface area contributed by atoms with E-state index in [0.717, 1.165) is 0 Å². The third-order valence-corrected chi connectivity index (χ3v) is 2.59. The highest BCUT2D eigenvalue weighted by molar-refractivity contribution is 5.95. The molecule has 3 amide bonds. The molecule has 20 heavy (non-hydrogen) atoms. The average Bonchev–Trinajstić information content (AvgIpc) is 2.46. The number of anilines is 2. The lowest BCUT2D eigenvalue weighted by Crippen LogP contribution is -2.34. The van der Waals surface area contributed by atoms with Crippen molar-refractivity contribution in [2.75, 3.05) is 17.2 Å². The number of rotatable bonds is 6. The first-order chi connectivity index (χ1) is 9.56. The zero-order valence-corrected chi connectivity index (χ0v) is 11.5. The Kier molecular flexibility index (Phi) is 6.25. The molecule has 0 aliphatic heterocycles. The fraction of sp³-hybridized carbons (Fsp3) is 0.286. The van der Waals surface area contributed by atoms with Crippen LogP contribution in [0.4, 0.5) is 16.2 Å². The highest BCUT2D eigenvalue weighted by Gasteiger charge is 2.10. The Morgan fingerprint density at radius 3 is 2.30 bits per heavy atom.